The van der Waals surface area contributed by atoms with Gasteiger partial charge in [-0.15, -0.1) is 0 Å². The molecule has 0 amide bonds. The molecular weight excluding hydrogens is 238 g/mol. The predicted octanol–water partition coefficient (Wildman–Crippen LogP) is 3.34. The molecule has 1 aliphatic rings. The molecule has 0 aliphatic carbocycles. The summed E-state index contributed by atoms with van der Waals surface area (Å²) in [6, 6.07) is 12.5. The van der Waals surface area contributed by atoms with Gasteiger partial charge in [0.05, 0.1) is 14.2 Å². The summed E-state index contributed by atoms with van der Waals surface area (Å²) in [5, 5.41) is 3.37. The molecule has 1 heterocycles. The van der Waals surface area contributed by atoms with Gasteiger partial charge in [0.15, 0.2) is 0 Å². The van der Waals surface area contributed by atoms with E-state index in [1.54, 1.807) is 14.2 Å². The van der Waals surface area contributed by atoms with E-state index < -0.39 is 0 Å². The molecule has 0 unspecified atom stereocenters. The van der Waals surface area contributed by atoms with Crippen LogP contribution in [0.1, 0.15) is 5.56 Å². The zero-order chi connectivity index (χ0) is 13.2. The number of benzene rings is 2. The van der Waals surface area contributed by atoms with Crippen molar-refractivity contribution < 1.29 is 9.47 Å². The lowest BCUT2D eigenvalue weighted by molar-refractivity contribution is 0.394. The monoisotopic (exact) mass is 255 g/mol. The lowest BCUT2D eigenvalue weighted by Crippen LogP contribution is -1.90. The van der Waals surface area contributed by atoms with Gasteiger partial charge in [-0.2, -0.15) is 0 Å². The Kier molecular flexibility index (Phi) is 3.03. The van der Waals surface area contributed by atoms with Gasteiger partial charge in [0.25, 0.3) is 0 Å². The van der Waals surface area contributed by atoms with E-state index in [4.69, 9.17) is 9.47 Å². The fraction of sp³-hybridized carbons (Fsp3) is 0.250. The number of anilines is 1. The number of hydrogen-bond acceptors (Lipinski definition) is 3. The number of nitrogens with one attached hydrogen (secondary N) is 1. The molecule has 2 aromatic rings. The van der Waals surface area contributed by atoms with Crippen LogP contribution in [0.4, 0.5) is 5.69 Å². The largest absolute Gasteiger partial charge is 0.497 e. The Balaban J connectivity index is 2.05. The van der Waals surface area contributed by atoms with E-state index in [9.17, 15) is 0 Å². The number of methoxy groups -OCH3 is 2. The molecule has 0 bridgehead atoms. The van der Waals surface area contributed by atoms with Crippen molar-refractivity contribution in [1.29, 1.82) is 0 Å². The molecule has 0 radical (unpaired) electrons. The fourth-order valence-electron chi connectivity index (χ4n) is 2.46. The Morgan fingerprint density at radius 2 is 1.63 bits per heavy atom. The summed E-state index contributed by atoms with van der Waals surface area (Å²) in [4.78, 5) is 0. The van der Waals surface area contributed by atoms with E-state index in [2.05, 4.69) is 23.5 Å². The molecule has 1 aliphatic heterocycles. The third-order valence-electron chi connectivity index (χ3n) is 3.50. The Hall–Kier alpha value is -2.16. The highest BCUT2D eigenvalue weighted by Crippen LogP contribution is 2.33. The number of rotatable bonds is 3. The van der Waals surface area contributed by atoms with Crippen LogP contribution in [0, 0.1) is 0 Å². The third kappa shape index (κ3) is 2.24. The van der Waals surface area contributed by atoms with E-state index in [1.807, 2.05) is 18.2 Å². The van der Waals surface area contributed by atoms with Crippen molar-refractivity contribution in [2.24, 2.45) is 0 Å². The van der Waals surface area contributed by atoms with Crippen LogP contribution in [0.2, 0.25) is 0 Å². The summed E-state index contributed by atoms with van der Waals surface area (Å²) in [6.45, 7) is 1.03. The van der Waals surface area contributed by atoms with Crippen LogP contribution in [0.25, 0.3) is 11.1 Å². The Bertz CT molecular complexity index is 585. The average molecular weight is 255 g/mol. The van der Waals surface area contributed by atoms with Crippen LogP contribution in [-0.4, -0.2) is 20.8 Å². The molecule has 1 N–H and O–H groups in total. The van der Waals surface area contributed by atoms with Crippen LogP contribution >= 0.6 is 0 Å². The quantitative estimate of drug-likeness (QED) is 0.912. The van der Waals surface area contributed by atoms with E-state index in [0.29, 0.717) is 0 Å². The second kappa shape index (κ2) is 4.84. The van der Waals surface area contributed by atoms with Gasteiger partial charge in [0.2, 0.25) is 0 Å². The van der Waals surface area contributed by atoms with Gasteiger partial charge in [-0.05, 0) is 47.4 Å². The summed E-state index contributed by atoms with van der Waals surface area (Å²) in [5.74, 6) is 1.63. The summed E-state index contributed by atoms with van der Waals surface area (Å²) < 4.78 is 10.6. The first kappa shape index (κ1) is 11.9. The first-order chi connectivity index (χ1) is 9.30. The van der Waals surface area contributed by atoms with E-state index in [1.165, 1.54) is 16.8 Å². The molecule has 0 saturated carbocycles. The molecule has 0 spiro atoms. The maximum atomic E-state index is 5.32. The van der Waals surface area contributed by atoms with Crippen LogP contribution in [0.15, 0.2) is 36.4 Å². The van der Waals surface area contributed by atoms with Crippen molar-refractivity contribution >= 4 is 5.69 Å². The zero-order valence-corrected chi connectivity index (χ0v) is 11.2. The summed E-state index contributed by atoms with van der Waals surface area (Å²) >= 11 is 0. The van der Waals surface area contributed by atoms with Crippen molar-refractivity contribution in [1.82, 2.24) is 0 Å². The standard InChI is InChI=1S/C16H17NO2/c1-18-14-8-13(9-15(10-14)19-2)11-3-4-16-12(7-11)5-6-17-16/h3-4,7-10,17H,5-6H2,1-2H3. The van der Waals surface area contributed by atoms with E-state index in [-0.39, 0.29) is 0 Å². The maximum Gasteiger partial charge on any atom is 0.123 e. The minimum Gasteiger partial charge on any atom is -0.497 e. The average Bonchev–Trinajstić information content (AvgIpc) is 2.94. The molecule has 0 aromatic heterocycles. The second-order valence-corrected chi connectivity index (χ2v) is 4.65. The molecule has 19 heavy (non-hydrogen) atoms. The third-order valence-corrected chi connectivity index (χ3v) is 3.50. The van der Waals surface area contributed by atoms with Crippen LogP contribution < -0.4 is 14.8 Å². The minimum atomic E-state index is 0.813. The second-order valence-electron chi connectivity index (χ2n) is 4.65. The first-order valence-electron chi connectivity index (χ1n) is 6.40. The van der Waals surface area contributed by atoms with Crippen molar-refractivity contribution in [2.45, 2.75) is 6.42 Å². The Labute approximate surface area is 113 Å². The first-order valence-corrected chi connectivity index (χ1v) is 6.40. The molecule has 2 aromatic carbocycles. The lowest BCUT2D eigenvalue weighted by Gasteiger charge is -2.10. The molecule has 3 nitrogen and oxygen atoms in total. The molecule has 0 atom stereocenters. The molecule has 3 rings (SSSR count). The summed E-state index contributed by atoms with van der Waals surface area (Å²) in [7, 11) is 3.34. The fourth-order valence-corrected chi connectivity index (χ4v) is 2.46. The summed E-state index contributed by atoms with van der Waals surface area (Å²) in [5.41, 5.74) is 4.93. The van der Waals surface area contributed by atoms with Gasteiger partial charge in [-0.3, -0.25) is 0 Å². The van der Waals surface area contributed by atoms with Crippen molar-refractivity contribution in [3.63, 3.8) is 0 Å². The number of hydrogen-bond donors (Lipinski definition) is 1. The minimum absolute atomic E-state index is 0.813. The van der Waals surface area contributed by atoms with Crippen LogP contribution in [0.5, 0.6) is 11.5 Å². The topological polar surface area (TPSA) is 30.5 Å². The van der Waals surface area contributed by atoms with E-state index >= 15 is 0 Å². The molecule has 0 fully saturated rings. The zero-order valence-electron chi connectivity index (χ0n) is 11.2. The molecule has 0 saturated heterocycles. The van der Waals surface area contributed by atoms with Crippen molar-refractivity contribution in [3.8, 4) is 22.6 Å². The van der Waals surface area contributed by atoms with Crippen molar-refractivity contribution in [3.05, 3.63) is 42.0 Å². The molecule has 98 valence electrons. The van der Waals surface area contributed by atoms with Gasteiger partial charge in [-0.25, -0.2) is 0 Å². The van der Waals surface area contributed by atoms with Gasteiger partial charge in [-0.1, -0.05) is 6.07 Å². The SMILES string of the molecule is COc1cc(OC)cc(-c2ccc3c(c2)CCN3)c1. The highest BCUT2D eigenvalue weighted by molar-refractivity contribution is 5.72. The van der Waals surface area contributed by atoms with Crippen LogP contribution in [-0.2, 0) is 6.42 Å². The molecule has 3 heteroatoms. The summed E-state index contributed by atoms with van der Waals surface area (Å²) in [6.07, 6.45) is 1.09. The van der Waals surface area contributed by atoms with Gasteiger partial charge >= 0.3 is 0 Å². The lowest BCUT2D eigenvalue weighted by atomic mass is 10.0. The van der Waals surface area contributed by atoms with Gasteiger partial charge in [0.1, 0.15) is 11.5 Å². The smallest absolute Gasteiger partial charge is 0.123 e. The predicted molar refractivity (Wildman–Crippen MR) is 77.2 cm³/mol. The Morgan fingerprint density at radius 3 is 2.32 bits per heavy atom. The Morgan fingerprint density at radius 1 is 0.895 bits per heavy atom. The van der Waals surface area contributed by atoms with Crippen LogP contribution in [0.3, 0.4) is 0 Å². The van der Waals surface area contributed by atoms with Crippen molar-refractivity contribution in [2.75, 3.05) is 26.1 Å². The normalized spacial score (nSPS) is 12.7. The number of fused-ring (bicyclic) bond motifs is 1. The van der Waals surface area contributed by atoms with Gasteiger partial charge < -0.3 is 14.8 Å². The molecular formula is C16H17NO2. The highest BCUT2D eigenvalue weighted by Gasteiger charge is 2.11. The maximum absolute atomic E-state index is 5.32. The van der Waals surface area contributed by atoms with E-state index in [0.717, 1.165) is 30.0 Å². The van der Waals surface area contributed by atoms with Gasteiger partial charge in [0, 0.05) is 18.3 Å². The number of ether oxygens (including phenoxy) is 2. The highest BCUT2D eigenvalue weighted by atomic mass is 16.5.